The minimum atomic E-state index is -0.768. The first kappa shape index (κ1) is 43.9. The fourth-order valence-electron chi connectivity index (χ4n) is 10.2. The second-order valence-corrected chi connectivity index (χ2v) is 18.0. The first-order valence-electron chi connectivity index (χ1n) is 22.7. The van der Waals surface area contributed by atoms with Gasteiger partial charge in [0.1, 0.15) is 41.8 Å². The molecule has 1 unspecified atom stereocenters. The second-order valence-electron chi connectivity index (χ2n) is 18.0. The lowest BCUT2D eigenvalue weighted by Gasteiger charge is -2.42. The normalized spacial score (nSPS) is 23.8. The molecule has 13 heteroatoms. The zero-order chi connectivity index (χ0) is 44.3. The fourth-order valence-corrected chi connectivity index (χ4v) is 10.2. The van der Waals surface area contributed by atoms with Crippen molar-refractivity contribution in [1.29, 1.82) is 0 Å². The molecule has 0 aromatic heterocycles. The number of hydrogen-bond acceptors (Lipinski definition) is 9. The molecule has 12 nitrogen and oxygen atoms in total. The van der Waals surface area contributed by atoms with E-state index in [1.54, 1.807) is 12.1 Å². The molecular weight excluding hydrogens is 798 g/mol. The van der Waals surface area contributed by atoms with Crippen LogP contribution in [0.15, 0.2) is 101 Å². The molecule has 4 saturated heterocycles. The number of allylic oxidation sites excluding steroid dienone is 3. The third-order valence-electron chi connectivity index (χ3n) is 14.0. The lowest BCUT2D eigenvalue weighted by molar-refractivity contribution is -0.138. The molecule has 1 spiro atoms. The van der Waals surface area contributed by atoms with Gasteiger partial charge in [0.25, 0.3) is 0 Å². The number of nitrogens with zero attached hydrogens (tertiary/aromatic N) is 4. The first-order chi connectivity index (χ1) is 30.4. The summed E-state index contributed by atoms with van der Waals surface area (Å²) in [5, 5.41) is 9.18. The lowest BCUT2D eigenvalue weighted by atomic mass is 9.74. The van der Waals surface area contributed by atoms with Crippen molar-refractivity contribution in [3.63, 3.8) is 0 Å². The molecule has 8 rings (SSSR count). The van der Waals surface area contributed by atoms with Crippen LogP contribution in [0.2, 0.25) is 0 Å². The van der Waals surface area contributed by atoms with Gasteiger partial charge in [-0.15, -0.1) is 0 Å². The monoisotopic (exact) mass is 859 g/mol. The molecular formula is C50H62FN7O5. The van der Waals surface area contributed by atoms with Crippen molar-refractivity contribution >= 4 is 29.2 Å². The number of halogens is 1. The quantitative estimate of drug-likeness (QED) is 0.104. The van der Waals surface area contributed by atoms with Crippen LogP contribution in [0, 0.1) is 11.7 Å². The number of amides is 3. The van der Waals surface area contributed by atoms with Gasteiger partial charge in [0.05, 0.1) is 12.1 Å². The summed E-state index contributed by atoms with van der Waals surface area (Å²) >= 11 is 0. The summed E-state index contributed by atoms with van der Waals surface area (Å²) in [4.78, 5) is 49.5. The molecule has 3 N–H and O–H groups in total. The van der Waals surface area contributed by atoms with Crippen molar-refractivity contribution in [2.24, 2.45) is 10.9 Å². The fraction of sp³-hybridized carbons (Fsp3) is 0.480. The lowest BCUT2D eigenvalue weighted by Crippen LogP contribution is -2.52. The Morgan fingerprint density at radius 2 is 1.81 bits per heavy atom. The minimum absolute atomic E-state index is 0.0307. The van der Waals surface area contributed by atoms with Crippen molar-refractivity contribution in [2.75, 3.05) is 64.3 Å². The highest BCUT2D eigenvalue weighted by molar-refractivity contribution is 6.04. The van der Waals surface area contributed by atoms with Crippen molar-refractivity contribution in [3.05, 3.63) is 118 Å². The van der Waals surface area contributed by atoms with Crippen LogP contribution >= 0.6 is 0 Å². The van der Waals surface area contributed by atoms with Crippen LogP contribution in [0.5, 0.6) is 5.75 Å². The highest BCUT2D eigenvalue weighted by atomic mass is 19.1. The predicted molar refractivity (Wildman–Crippen MR) is 243 cm³/mol. The molecule has 0 saturated carbocycles. The molecule has 6 heterocycles. The molecule has 6 aliphatic heterocycles. The maximum absolute atomic E-state index is 15.4. The van der Waals surface area contributed by atoms with Crippen LogP contribution in [0.25, 0.3) is 0 Å². The Labute approximate surface area is 371 Å². The average Bonchev–Trinajstić information content (AvgIpc) is 3.64. The van der Waals surface area contributed by atoms with E-state index in [4.69, 9.17) is 9.47 Å². The van der Waals surface area contributed by atoms with Crippen LogP contribution in [-0.4, -0.2) is 103 Å². The summed E-state index contributed by atoms with van der Waals surface area (Å²) in [6.45, 7) is 20.9. The number of ether oxygens (including phenoxy) is 2. The van der Waals surface area contributed by atoms with Crippen molar-refractivity contribution in [2.45, 2.75) is 90.0 Å². The van der Waals surface area contributed by atoms with Gasteiger partial charge in [-0.25, -0.2) is 9.38 Å². The van der Waals surface area contributed by atoms with Gasteiger partial charge in [-0.1, -0.05) is 31.4 Å². The van der Waals surface area contributed by atoms with E-state index in [1.165, 1.54) is 11.6 Å². The number of carbonyl (C=O) groups is 3. The van der Waals surface area contributed by atoms with Gasteiger partial charge in [-0.2, -0.15) is 0 Å². The van der Waals surface area contributed by atoms with E-state index >= 15 is 4.39 Å². The Morgan fingerprint density at radius 3 is 2.52 bits per heavy atom. The molecule has 0 bridgehead atoms. The van der Waals surface area contributed by atoms with E-state index < -0.39 is 11.2 Å². The van der Waals surface area contributed by atoms with E-state index in [9.17, 15) is 14.4 Å². The number of likely N-dealkylation sites (tertiary alicyclic amines) is 3. The molecule has 3 amide bonds. The van der Waals surface area contributed by atoms with Gasteiger partial charge in [-0.05, 0) is 137 Å². The van der Waals surface area contributed by atoms with E-state index in [0.29, 0.717) is 68.1 Å². The molecule has 2 aromatic rings. The maximum atomic E-state index is 15.4. The number of nitrogens with one attached hydrogen (secondary N) is 3. The topological polar surface area (TPSA) is 128 Å². The number of carbonyl (C=O) groups excluding carboxylic acids is 3. The van der Waals surface area contributed by atoms with Gasteiger partial charge in [0.15, 0.2) is 0 Å². The van der Waals surface area contributed by atoms with Crippen LogP contribution in [0.1, 0.15) is 82.4 Å². The van der Waals surface area contributed by atoms with Gasteiger partial charge >= 0.3 is 0 Å². The smallest absolute Gasteiger partial charge is 0.240 e. The number of imide groups is 1. The standard InChI is InChI=1S/C50H62FN7O5/c1-6-44(33(3)48-34(4)62-24-18-52-48)58-21-14-39(32(2)30-58)29-53-35(5)54-40-9-8-38(43(51)28-40)27-47(60)57-22-15-41(16-23-57)56-19-12-36(13-20-56)25-37-7-10-45-42(26-37)50(31-63-45)17-11-46(59)55-49(50)61/h6-10,26,28-29,36,41,52H,1-2,11-25,27,30-31H2,3-5H3,(H,53,54)(H,55,59,61)/b39-29-,44-33+. The summed E-state index contributed by atoms with van der Waals surface area (Å²) in [6, 6.07) is 11.6. The third-order valence-corrected chi connectivity index (χ3v) is 14.0. The number of rotatable bonds is 10. The van der Waals surface area contributed by atoms with Crippen LogP contribution in [-0.2, 0) is 37.4 Å². The van der Waals surface area contributed by atoms with Gasteiger partial charge < -0.3 is 34.8 Å². The number of anilines is 1. The predicted octanol–water partition coefficient (Wildman–Crippen LogP) is 6.67. The molecule has 4 fully saturated rings. The minimum Gasteiger partial charge on any atom is -0.494 e. The Hall–Kier alpha value is -5.69. The number of fused-ring (bicyclic) bond motifs is 2. The number of piperidine rings is 4. The first-order valence-corrected chi connectivity index (χ1v) is 22.7. The molecule has 63 heavy (non-hydrogen) atoms. The van der Waals surface area contributed by atoms with Crippen molar-refractivity contribution in [1.82, 2.24) is 25.3 Å². The maximum Gasteiger partial charge on any atom is 0.240 e. The van der Waals surface area contributed by atoms with Crippen LogP contribution in [0.4, 0.5) is 10.1 Å². The van der Waals surface area contributed by atoms with Crippen molar-refractivity contribution in [3.8, 4) is 5.75 Å². The molecule has 1 atom stereocenters. The number of benzene rings is 2. The van der Waals surface area contributed by atoms with Gasteiger partial charge in [-0.3, -0.25) is 19.7 Å². The Kier molecular flexibility index (Phi) is 13.2. The average molecular weight is 860 g/mol. The second kappa shape index (κ2) is 19.0. The molecule has 334 valence electrons. The largest absolute Gasteiger partial charge is 0.494 e. The van der Waals surface area contributed by atoms with E-state index in [1.807, 2.05) is 37.1 Å². The third kappa shape index (κ3) is 9.63. The van der Waals surface area contributed by atoms with E-state index in [-0.39, 0.29) is 30.7 Å². The number of hydrogen-bond donors (Lipinski definition) is 3. The summed E-state index contributed by atoms with van der Waals surface area (Å²) in [5.74, 6) is 1.90. The Bertz CT molecular complexity index is 2280. The number of aliphatic imine (C=N–C) groups is 1. The van der Waals surface area contributed by atoms with Gasteiger partial charge in [0, 0.05) is 68.3 Å². The van der Waals surface area contributed by atoms with E-state index in [0.717, 1.165) is 110 Å². The van der Waals surface area contributed by atoms with E-state index in [2.05, 4.69) is 63.0 Å². The highest BCUT2D eigenvalue weighted by Crippen LogP contribution is 2.44. The molecule has 2 aromatic carbocycles. The molecule has 6 aliphatic rings. The zero-order valence-electron chi connectivity index (χ0n) is 37.1. The number of amidine groups is 1. The Morgan fingerprint density at radius 1 is 1.02 bits per heavy atom. The Balaban J connectivity index is 0.771. The zero-order valence-corrected chi connectivity index (χ0v) is 37.1. The summed E-state index contributed by atoms with van der Waals surface area (Å²) in [5.41, 5.74) is 7.55. The molecule has 0 radical (unpaired) electrons. The van der Waals surface area contributed by atoms with Gasteiger partial charge in [0.2, 0.25) is 17.7 Å². The SMILES string of the molecule is C=C/C(=C(/C)C1=C(C)OCCN1)N1CC/C(=C/N=C(C)Nc2ccc(CC(=O)N3CCC(N4CCC(Cc5ccc6c(c5)C5(CCC(=O)NC5=O)CO6)CC4)CC3)c(F)c2)C(=C)C1. The summed E-state index contributed by atoms with van der Waals surface area (Å²) < 4.78 is 27.1. The van der Waals surface area contributed by atoms with Crippen LogP contribution in [0.3, 0.4) is 0 Å². The molecule has 0 aliphatic carbocycles. The summed E-state index contributed by atoms with van der Waals surface area (Å²) in [6.07, 6.45) is 10.3. The summed E-state index contributed by atoms with van der Waals surface area (Å²) in [7, 11) is 0. The van der Waals surface area contributed by atoms with Crippen LogP contribution < -0.4 is 20.7 Å². The van der Waals surface area contributed by atoms with Crippen molar-refractivity contribution < 1.29 is 28.2 Å². The highest BCUT2D eigenvalue weighted by Gasteiger charge is 2.50.